The molecular weight excluding hydrogens is 338 g/mol. The van der Waals surface area contributed by atoms with Crippen molar-refractivity contribution in [3.8, 4) is 0 Å². The fourth-order valence-electron chi connectivity index (χ4n) is 1.88. The zero-order valence-corrected chi connectivity index (χ0v) is 13.5. The predicted molar refractivity (Wildman–Crippen MR) is 74.4 cm³/mol. The summed E-state index contributed by atoms with van der Waals surface area (Å²) >= 11 is 3.20. The van der Waals surface area contributed by atoms with Crippen LogP contribution in [0.15, 0.2) is 0 Å². The van der Waals surface area contributed by atoms with Crippen molar-refractivity contribution >= 4 is 31.4 Å². The Hall–Kier alpha value is 0.575. The highest BCUT2D eigenvalue weighted by Gasteiger charge is 2.52. The molecule has 110 valence electrons. The van der Waals surface area contributed by atoms with Gasteiger partial charge in [0.25, 0.3) is 0 Å². The van der Waals surface area contributed by atoms with Crippen LogP contribution in [0.4, 0.5) is 0 Å². The average Bonchev–Trinajstić information content (AvgIpc) is 2.56. The number of rotatable bonds is 5. The summed E-state index contributed by atoms with van der Waals surface area (Å²) in [7, 11) is 1.46. The highest BCUT2D eigenvalue weighted by atomic mass is 79.9. The minimum Gasteiger partial charge on any atom is -0.389 e. The van der Waals surface area contributed by atoms with Crippen LogP contribution < -0.4 is 0 Å². The fraction of sp³-hybridized carbons (Fsp3) is 1.00. The Labute approximate surface area is 122 Å². The van der Waals surface area contributed by atoms with Gasteiger partial charge in [0.05, 0.1) is 10.9 Å². The van der Waals surface area contributed by atoms with E-state index < -0.39 is 42.1 Å². The van der Waals surface area contributed by atoms with Gasteiger partial charge in [-0.2, -0.15) is 0 Å². The molecule has 3 unspecified atom stereocenters. The highest BCUT2D eigenvalue weighted by molar-refractivity contribution is 9.09. The molecular formula is C10H19BBrO6P. The summed E-state index contributed by atoms with van der Waals surface area (Å²) in [5, 5.41) is 19.3. The molecule has 2 radical (unpaired) electrons. The third-order valence-electron chi connectivity index (χ3n) is 3.37. The molecule has 0 aliphatic carbocycles. The molecule has 1 fully saturated rings. The van der Waals surface area contributed by atoms with Gasteiger partial charge in [0.1, 0.15) is 19.6 Å². The van der Waals surface area contributed by atoms with Gasteiger partial charge < -0.3 is 19.8 Å². The minimum absolute atomic E-state index is 0.304. The normalized spacial score (nSPS) is 39.5. The maximum absolute atomic E-state index is 11.8. The lowest BCUT2D eigenvalue weighted by Gasteiger charge is -2.37. The summed E-state index contributed by atoms with van der Waals surface area (Å²) in [5.74, 6) is -1.52. The first kappa shape index (κ1) is 17.6. The van der Waals surface area contributed by atoms with Crippen LogP contribution in [0.1, 0.15) is 27.2 Å². The summed E-state index contributed by atoms with van der Waals surface area (Å²) in [6.45, 7) is 4.44. The maximum Gasteiger partial charge on any atom is 0.356 e. The number of halogens is 1. The SMILES string of the molecule is [B][C@@H]1O[C@H](C(C)(CC)OP(=O)(O)C(C)O)[C@@H](O)[C@H]1Br. The Balaban J connectivity index is 2.96. The van der Waals surface area contributed by atoms with Crippen molar-refractivity contribution in [2.24, 2.45) is 0 Å². The van der Waals surface area contributed by atoms with Crippen molar-refractivity contribution in [3.05, 3.63) is 0 Å². The van der Waals surface area contributed by atoms with Gasteiger partial charge in [-0.05, 0) is 20.3 Å². The summed E-state index contributed by atoms with van der Waals surface area (Å²) in [5.41, 5.74) is -1.24. The maximum atomic E-state index is 11.8. The second kappa shape index (κ2) is 6.14. The third-order valence-corrected chi connectivity index (χ3v) is 6.06. The van der Waals surface area contributed by atoms with E-state index in [4.69, 9.17) is 17.1 Å². The molecule has 0 saturated carbocycles. The molecule has 0 amide bonds. The van der Waals surface area contributed by atoms with Crippen molar-refractivity contribution in [1.82, 2.24) is 0 Å². The standard InChI is InChI=1S/C10H19BBrO6P/c1-4-10(3,18-19(15,16)5(2)13)8-7(14)6(12)9(11)17-8/h5-9,13-14H,4H2,1-3H3,(H,15,16)/t5?,6-,7+,8+,9-,10?/m1/s1. The summed E-state index contributed by atoms with van der Waals surface area (Å²) in [6.07, 6.45) is -1.54. The van der Waals surface area contributed by atoms with Crippen molar-refractivity contribution < 1.29 is 28.9 Å². The first-order valence-corrected chi connectivity index (χ1v) is 8.56. The van der Waals surface area contributed by atoms with Crippen molar-refractivity contribution in [1.29, 1.82) is 0 Å². The molecule has 1 aliphatic rings. The van der Waals surface area contributed by atoms with Crippen LogP contribution >= 0.6 is 23.5 Å². The van der Waals surface area contributed by atoms with E-state index in [1.165, 1.54) is 6.92 Å². The van der Waals surface area contributed by atoms with Crippen LogP contribution in [0.2, 0.25) is 0 Å². The Kier molecular flexibility index (Phi) is 5.69. The number of ether oxygens (including phenoxy) is 1. The zero-order chi connectivity index (χ0) is 15.0. The molecule has 7 atom stereocenters. The lowest BCUT2D eigenvalue weighted by atomic mass is 9.90. The van der Waals surface area contributed by atoms with E-state index >= 15 is 0 Å². The van der Waals surface area contributed by atoms with Crippen LogP contribution in [0, 0.1) is 0 Å². The quantitative estimate of drug-likeness (QED) is 0.381. The molecule has 1 rings (SSSR count). The van der Waals surface area contributed by atoms with Gasteiger partial charge in [-0.1, -0.05) is 22.9 Å². The van der Waals surface area contributed by atoms with Crippen molar-refractivity contribution in [2.75, 3.05) is 0 Å². The van der Waals surface area contributed by atoms with Crippen molar-refractivity contribution in [3.63, 3.8) is 0 Å². The fourth-order valence-corrected chi connectivity index (χ4v) is 3.27. The predicted octanol–water partition coefficient (Wildman–Crippen LogP) is 0.713. The topological polar surface area (TPSA) is 96.2 Å². The van der Waals surface area contributed by atoms with E-state index in [0.717, 1.165) is 0 Å². The molecule has 9 heteroatoms. The summed E-state index contributed by atoms with van der Waals surface area (Å²) in [4.78, 5) is 9.15. The van der Waals surface area contributed by atoms with Gasteiger partial charge in [-0.3, -0.25) is 9.09 Å². The molecule has 3 N–H and O–H groups in total. The Morgan fingerprint density at radius 2 is 2.16 bits per heavy atom. The Bertz CT molecular complexity index is 370. The highest BCUT2D eigenvalue weighted by Crippen LogP contribution is 2.52. The van der Waals surface area contributed by atoms with E-state index in [2.05, 4.69) is 15.9 Å². The summed E-state index contributed by atoms with van der Waals surface area (Å²) < 4.78 is 22.4. The smallest absolute Gasteiger partial charge is 0.356 e. The van der Waals surface area contributed by atoms with Gasteiger partial charge in [-0.25, -0.2) is 0 Å². The number of aliphatic hydroxyl groups excluding tert-OH is 2. The van der Waals surface area contributed by atoms with E-state index in [9.17, 15) is 19.7 Å². The molecule has 19 heavy (non-hydrogen) atoms. The van der Waals surface area contributed by atoms with Crippen LogP contribution in [-0.2, 0) is 13.8 Å². The van der Waals surface area contributed by atoms with E-state index in [1.807, 2.05) is 0 Å². The lowest BCUT2D eigenvalue weighted by molar-refractivity contribution is -0.103. The van der Waals surface area contributed by atoms with E-state index in [0.29, 0.717) is 6.42 Å². The van der Waals surface area contributed by atoms with Gasteiger partial charge in [0.15, 0.2) is 5.85 Å². The second-order valence-corrected chi connectivity index (χ2v) is 8.03. The first-order valence-electron chi connectivity index (χ1n) is 5.99. The molecule has 6 nitrogen and oxygen atoms in total. The average molecular weight is 357 g/mol. The minimum atomic E-state index is -4.21. The largest absolute Gasteiger partial charge is 0.389 e. The zero-order valence-electron chi connectivity index (χ0n) is 11.1. The molecule has 0 aromatic rings. The van der Waals surface area contributed by atoms with Crippen LogP contribution in [0.25, 0.3) is 0 Å². The molecule has 1 saturated heterocycles. The van der Waals surface area contributed by atoms with Gasteiger partial charge in [0.2, 0.25) is 0 Å². The Morgan fingerprint density at radius 1 is 1.63 bits per heavy atom. The van der Waals surface area contributed by atoms with Crippen LogP contribution in [0.3, 0.4) is 0 Å². The number of alkyl halides is 1. The number of hydrogen-bond acceptors (Lipinski definition) is 5. The van der Waals surface area contributed by atoms with Gasteiger partial charge in [-0.15, -0.1) is 0 Å². The Morgan fingerprint density at radius 3 is 2.47 bits per heavy atom. The molecule has 0 aromatic heterocycles. The number of hydrogen-bond donors (Lipinski definition) is 3. The first-order chi connectivity index (χ1) is 8.55. The van der Waals surface area contributed by atoms with E-state index in [1.54, 1.807) is 13.8 Å². The second-order valence-electron chi connectivity index (χ2n) is 4.91. The number of aliphatic hydroxyl groups is 2. The van der Waals surface area contributed by atoms with Crippen molar-refractivity contribution in [2.45, 2.75) is 61.7 Å². The van der Waals surface area contributed by atoms with Crippen LogP contribution in [-0.4, -0.2) is 57.4 Å². The summed E-state index contributed by atoms with van der Waals surface area (Å²) in [6, 6.07) is -0.737. The van der Waals surface area contributed by atoms with Gasteiger partial charge >= 0.3 is 7.60 Å². The third kappa shape index (κ3) is 3.61. The van der Waals surface area contributed by atoms with E-state index in [-0.39, 0.29) is 0 Å². The molecule has 0 aromatic carbocycles. The van der Waals surface area contributed by atoms with Crippen LogP contribution in [0.5, 0.6) is 0 Å². The lowest BCUT2D eigenvalue weighted by Crippen LogP contribution is -2.48. The molecule has 0 bridgehead atoms. The molecule has 0 spiro atoms. The monoisotopic (exact) mass is 356 g/mol. The molecule has 1 heterocycles. The molecule has 1 aliphatic heterocycles. The van der Waals surface area contributed by atoms with Gasteiger partial charge in [0, 0.05) is 6.00 Å².